The molecule has 1 aliphatic rings. The van der Waals surface area contributed by atoms with E-state index in [1.165, 1.54) is 6.07 Å². The van der Waals surface area contributed by atoms with Gasteiger partial charge in [0.2, 0.25) is 10.0 Å². The van der Waals surface area contributed by atoms with E-state index in [-0.39, 0.29) is 16.3 Å². The van der Waals surface area contributed by atoms with Gasteiger partial charge in [-0.15, -0.1) is 0 Å². The van der Waals surface area contributed by atoms with Crippen molar-refractivity contribution in [1.82, 2.24) is 5.32 Å². The van der Waals surface area contributed by atoms with E-state index < -0.39 is 10.0 Å². The molecule has 0 aliphatic heterocycles. The maximum Gasteiger partial charge on any atom is 0.251 e. The molecule has 0 heterocycles. The second-order valence-electron chi connectivity index (χ2n) is 5.57. The molecule has 0 unspecified atom stereocenters. The van der Waals surface area contributed by atoms with Gasteiger partial charge in [-0.2, -0.15) is 0 Å². The van der Waals surface area contributed by atoms with Gasteiger partial charge in [-0.3, -0.25) is 4.79 Å². The molecule has 0 aromatic heterocycles. The van der Waals surface area contributed by atoms with Crippen molar-refractivity contribution < 1.29 is 13.2 Å². The summed E-state index contributed by atoms with van der Waals surface area (Å²) in [6, 6.07) is 2.97. The Hall–Kier alpha value is -0.920. The largest absolute Gasteiger partial charge is 0.347 e. The third kappa shape index (κ3) is 3.30. The maximum atomic E-state index is 12.4. The first-order valence-corrected chi connectivity index (χ1v) is 9.18. The summed E-state index contributed by atoms with van der Waals surface area (Å²) in [5.74, 6) is -0.262. The minimum absolute atomic E-state index is 0.0267. The number of carbonyl (C=O) groups is 1. The maximum absolute atomic E-state index is 12.4. The molecule has 1 aromatic carbocycles. The van der Waals surface area contributed by atoms with E-state index in [9.17, 15) is 13.2 Å². The van der Waals surface area contributed by atoms with Gasteiger partial charge in [0.1, 0.15) is 0 Å². The number of halogens is 1. The Morgan fingerprint density at radius 2 is 2.05 bits per heavy atom. The number of sulfonamides is 1. The van der Waals surface area contributed by atoms with Gasteiger partial charge in [0, 0.05) is 15.6 Å². The van der Waals surface area contributed by atoms with Crippen molar-refractivity contribution in [2.24, 2.45) is 5.14 Å². The molecule has 21 heavy (non-hydrogen) atoms. The lowest BCUT2D eigenvalue weighted by Gasteiger charge is -2.42. The number of primary sulfonamides is 1. The quantitative estimate of drug-likeness (QED) is 0.847. The van der Waals surface area contributed by atoms with Crippen LogP contribution in [0, 0.1) is 6.92 Å². The van der Waals surface area contributed by atoms with Gasteiger partial charge in [0.15, 0.2) is 0 Å². The number of nitrogens with one attached hydrogen (secondary N) is 1. The third-order valence-corrected chi connectivity index (χ3v) is 6.09. The minimum atomic E-state index is -3.86. The molecular formula is C14H19BrN2O3S. The van der Waals surface area contributed by atoms with Crippen molar-refractivity contribution in [3.8, 4) is 0 Å². The Morgan fingerprint density at radius 1 is 1.43 bits per heavy atom. The molecular weight excluding hydrogens is 356 g/mol. The molecule has 1 aliphatic carbocycles. The van der Waals surface area contributed by atoms with Crippen molar-refractivity contribution in [2.75, 3.05) is 0 Å². The van der Waals surface area contributed by atoms with Crippen LogP contribution in [0.4, 0.5) is 0 Å². The summed E-state index contributed by atoms with van der Waals surface area (Å²) in [6.07, 6.45) is 3.90. The predicted octanol–water partition coefficient (Wildman–Crippen LogP) is 2.47. The second-order valence-corrected chi connectivity index (χ2v) is 7.95. The van der Waals surface area contributed by atoms with Crippen LogP contribution in [0.5, 0.6) is 0 Å². The van der Waals surface area contributed by atoms with Crippen molar-refractivity contribution in [2.45, 2.75) is 50.0 Å². The molecule has 116 valence electrons. The van der Waals surface area contributed by atoms with Crippen molar-refractivity contribution >= 4 is 31.9 Å². The van der Waals surface area contributed by atoms with Gasteiger partial charge in [0.25, 0.3) is 5.91 Å². The van der Waals surface area contributed by atoms with Crippen molar-refractivity contribution in [3.63, 3.8) is 0 Å². The fraction of sp³-hybridized carbons (Fsp3) is 0.500. The normalized spacial score (nSPS) is 17.1. The fourth-order valence-electron chi connectivity index (χ4n) is 2.56. The number of nitrogens with two attached hydrogens (primary N) is 1. The molecule has 0 saturated heterocycles. The zero-order chi connectivity index (χ0) is 15.8. The first kappa shape index (κ1) is 16.5. The summed E-state index contributed by atoms with van der Waals surface area (Å²) in [7, 11) is -3.86. The van der Waals surface area contributed by atoms with E-state index >= 15 is 0 Å². The highest BCUT2D eigenvalue weighted by Gasteiger charge is 2.36. The Kier molecular flexibility index (Phi) is 4.46. The van der Waals surface area contributed by atoms with Gasteiger partial charge in [-0.25, -0.2) is 13.6 Å². The van der Waals surface area contributed by atoms with Crippen LogP contribution in [-0.2, 0) is 10.0 Å². The van der Waals surface area contributed by atoms with Gasteiger partial charge >= 0.3 is 0 Å². The zero-order valence-electron chi connectivity index (χ0n) is 12.1. The predicted molar refractivity (Wildman–Crippen MR) is 84.6 cm³/mol. The molecule has 1 fully saturated rings. The van der Waals surface area contributed by atoms with Crippen LogP contribution in [0.25, 0.3) is 0 Å². The summed E-state index contributed by atoms with van der Waals surface area (Å²) in [6.45, 7) is 3.69. The van der Waals surface area contributed by atoms with Crippen LogP contribution in [0.3, 0.4) is 0 Å². The molecule has 5 nitrogen and oxygen atoms in total. The molecule has 0 atom stereocenters. The molecule has 2 rings (SSSR count). The lowest BCUT2D eigenvalue weighted by atomic mass is 9.74. The summed E-state index contributed by atoms with van der Waals surface area (Å²) in [5.41, 5.74) is 0.662. The van der Waals surface area contributed by atoms with Crippen LogP contribution >= 0.6 is 15.9 Å². The summed E-state index contributed by atoms with van der Waals surface area (Å²) < 4.78 is 23.8. The zero-order valence-corrected chi connectivity index (χ0v) is 14.5. The lowest BCUT2D eigenvalue weighted by molar-refractivity contribution is 0.0820. The van der Waals surface area contributed by atoms with Crippen LogP contribution < -0.4 is 10.5 Å². The van der Waals surface area contributed by atoms with Crippen LogP contribution in [0.1, 0.15) is 48.5 Å². The van der Waals surface area contributed by atoms with Gasteiger partial charge in [-0.1, -0.05) is 22.9 Å². The smallest absolute Gasteiger partial charge is 0.251 e. The van der Waals surface area contributed by atoms with Crippen molar-refractivity contribution in [1.29, 1.82) is 0 Å². The third-order valence-electron chi connectivity index (χ3n) is 4.23. The van der Waals surface area contributed by atoms with E-state index in [0.717, 1.165) is 25.7 Å². The molecule has 1 amide bonds. The van der Waals surface area contributed by atoms with Gasteiger partial charge < -0.3 is 5.32 Å². The number of rotatable bonds is 4. The average Bonchev–Trinajstić information content (AvgIpc) is 2.35. The van der Waals surface area contributed by atoms with E-state index in [1.807, 2.05) is 6.92 Å². The monoisotopic (exact) mass is 374 g/mol. The molecule has 0 spiro atoms. The number of amides is 1. The van der Waals surface area contributed by atoms with Crippen LogP contribution in [0.15, 0.2) is 21.5 Å². The highest BCUT2D eigenvalue weighted by atomic mass is 79.9. The minimum Gasteiger partial charge on any atom is -0.347 e. The van der Waals surface area contributed by atoms with Crippen molar-refractivity contribution in [3.05, 3.63) is 27.7 Å². The standard InChI is InChI=1S/C14H19BrN2O3S/c1-3-14(5-4-6-14)17-13(18)10-7-11(15)9(2)12(8-10)21(16,19)20/h7-8H,3-6H2,1-2H3,(H,17,18)(H2,16,19,20). The van der Waals surface area contributed by atoms with E-state index in [0.29, 0.717) is 15.6 Å². The fourth-order valence-corrected chi connectivity index (χ4v) is 3.98. The first-order valence-electron chi connectivity index (χ1n) is 6.84. The second kappa shape index (κ2) is 5.70. The molecule has 0 bridgehead atoms. The Bertz CT molecular complexity index is 676. The van der Waals surface area contributed by atoms with Crippen LogP contribution in [-0.4, -0.2) is 19.9 Å². The van der Waals surface area contributed by atoms with Crippen LogP contribution in [0.2, 0.25) is 0 Å². The van der Waals surface area contributed by atoms with E-state index in [4.69, 9.17) is 5.14 Å². The summed E-state index contributed by atoms with van der Waals surface area (Å²) in [5, 5.41) is 8.23. The van der Waals surface area contributed by atoms with E-state index in [2.05, 4.69) is 21.2 Å². The molecule has 7 heteroatoms. The molecule has 1 saturated carbocycles. The highest BCUT2D eigenvalue weighted by molar-refractivity contribution is 9.10. The number of carbonyl (C=O) groups excluding carboxylic acids is 1. The number of hydrogen-bond acceptors (Lipinski definition) is 3. The van der Waals surface area contributed by atoms with Gasteiger partial charge in [-0.05, 0) is 50.3 Å². The first-order chi connectivity index (χ1) is 9.68. The number of benzene rings is 1. The summed E-state index contributed by atoms with van der Waals surface area (Å²) in [4.78, 5) is 12.4. The lowest BCUT2D eigenvalue weighted by Crippen LogP contribution is -2.53. The highest BCUT2D eigenvalue weighted by Crippen LogP contribution is 2.35. The Morgan fingerprint density at radius 3 is 2.48 bits per heavy atom. The van der Waals surface area contributed by atoms with E-state index in [1.54, 1.807) is 13.0 Å². The molecule has 3 N–H and O–H groups in total. The average molecular weight is 375 g/mol. The Labute approximate surface area is 133 Å². The van der Waals surface area contributed by atoms with Gasteiger partial charge in [0.05, 0.1) is 4.90 Å². The molecule has 0 radical (unpaired) electrons. The Balaban J connectivity index is 2.36. The molecule has 1 aromatic rings. The topological polar surface area (TPSA) is 89.3 Å². The number of hydrogen-bond donors (Lipinski definition) is 2. The summed E-state index contributed by atoms with van der Waals surface area (Å²) >= 11 is 3.29. The SMILES string of the molecule is CCC1(NC(=O)c2cc(Br)c(C)c(S(N)(=O)=O)c2)CCC1.